The fourth-order valence-electron chi connectivity index (χ4n) is 1.83. The number of halogens is 1. The summed E-state index contributed by atoms with van der Waals surface area (Å²) in [6.07, 6.45) is 0.208. The average molecular weight is 373 g/mol. The van der Waals surface area contributed by atoms with E-state index in [1.165, 1.54) is 30.0 Å². The molecule has 6 nitrogen and oxygen atoms in total. The van der Waals surface area contributed by atoms with E-state index in [-0.39, 0.29) is 23.1 Å². The van der Waals surface area contributed by atoms with Crippen molar-refractivity contribution in [2.24, 2.45) is 0 Å². The number of hydrogen-bond acceptors (Lipinski definition) is 4. The Kier molecular flexibility index (Phi) is 5.24. The van der Waals surface area contributed by atoms with Crippen molar-refractivity contribution < 1.29 is 19.5 Å². The minimum atomic E-state index is -1.03. The zero-order valence-corrected chi connectivity index (χ0v) is 13.4. The van der Waals surface area contributed by atoms with Crippen molar-refractivity contribution in [3.05, 3.63) is 28.2 Å². The third-order valence-corrected chi connectivity index (χ3v) is 4.49. The molecule has 112 valence electrons. The van der Waals surface area contributed by atoms with Gasteiger partial charge in [-0.3, -0.25) is 9.59 Å². The van der Waals surface area contributed by atoms with E-state index in [1.54, 1.807) is 4.90 Å². The minimum absolute atomic E-state index is 0.00907. The Morgan fingerprint density at radius 3 is 2.76 bits per heavy atom. The van der Waals surface area contributed by atoms with Crippen molar-refractivity contribution in [1.29, 1.82) is 0 Å². The van der Waals surface area contributed by atoms with Crippen molar-refractivity contribution >= 4 is 50.5 Å². The van der Waals surface area contributed by atoms with Crippen molar-refractivity contribution in [2.45, 2.75) is 6.42 Å². The fourth-order valence-corrected chi connectivity index (χ4v) is 3.16. The van der Waals surface area contributed by atoms with Gasteiger partial charge in [0.1, 0.15) is 0 Å². The van der Waals surface area contributed by atoms with Crippen LogP contribution >= 0.6 is 27.7 Å². The highest BCUT2D eigenvalue weighted by molar-refractivity contribution is 9.10. The molecule has 0 atom stereocenters. The van der Waals surface area contributed by atoms with E-state index in [9.17, 15) is 14.4 Å². The number of anilines is 1. The molecule has 1 aromatic carbocycles. The minimum Gasteiger partial charge on any atom is -0.478 e. The second kappa shape index (κ2) is 6.95. The molecule has 2 amide bonds. The average Bonchev–Trinajstić information content (AvgIpc) is 2.84. The Bertz CT molecular complexity index is 594. The molecule has 1 aliphatic rings. The molecule has 1 saturated heterocycles. The molecule has 0 radical (unpaired) electrons. The summed E-state index contributed by atoms with van der Waals surface area (Å²) in [5.74, 6) is -0.482. The van der Waals surface area contributed by atoms with E-state index >= 15 is 0 Å². The molecule has 0 saturated carbocycles. The predicted molar refractivity (Wildman–Crippen MR) is 83.8 cm³/mol. The lowest BCUT2D eigenvalue weighted by molar-refractivity contribution is -0.116. The van der Waals surface area contributed by atoms with Gasteiger partial charge in [0, 0.05) is 29.7 Å². The molecule has 0 bridgehead atoms. The number of amides is 2. The molecule has 2 rings (SSSR count). The van der Waals surface area contributed by atoms with Crippen LogP contribution in [0.15, 0.2) is 22.7 Å². The number of carbonyl (C=O) groups is 3. The van der Waals surface area contributed by atoms with Crippen LogP contribution in [0.4, 0.5) is 10.5 Å². The topological polar surface area (TPSA) is 86.7 Å². The number of hydrogen-bond donors (Lipinski definition) is 2. The molecule has 2 N–H and O–H groups in total. The maximum absolute atomic E-state index is 11.9. The number of carboxylic acids is 1. The van der Waals surface area contributed by atoms with Crippen LogP contribution in [0.25, 0.3) is 0 Å². The summed E-state index contributed by atoms with van der Waals surface area (Å²) in [4.78, 5) is 35.7. The summed E-state index contributed by atoms with van der Waals surface area (Å²) >= 11 is 4.48. The van der Waals surface area contributed by atoms with E-state index in [2.05, 4.69) is 21.2 Å². The fraction of sp³-hybridized carbons (Fsp3) is 0.308. The summed E-state index contributed by atoms with van der Waals surface area (Å²) in [5, 5.41) is 11.6. The summed E-state index contributed by atoms with van der Waals surface area (Å²) in [6.45, 7) is 1.07. The van der Waals surface area contributed by atoms with Gasteiger partial charge >= 0.3 is 5.97 Å². The second-order valence-corrected chi connectivity index (χ2v) is 6.30. The summed E-state index contributed by atoms with van der Waals surface area (Å²) < 4.78 is 0.503. The van der Waals surface area contributed by atoms with Crippen LogP contribution in [-0.2, 0) is 4.79 Å². The lowest BCUT2D eigenvalue weighted by atomic mass is 10.2. The van der Waals surface area contributed by atoms with E-state index in [0.717, 1.165) is 5.75 Å². The zero-order chi connectivity index (χ0) is 15.4. The third kappa shape index (κ3) is 4.21. The highest BCUT2D eigenvalue weighted by Gasteiger charge is 2.21. The molecular weight excluding hydrogens is 360 g/mol. The molecule has 1 fully saturated rings. The number of benzene rings is 1. The van der Waals surface area contributed by atoms with Crippen molar-refractivity contribution in [3.63, 3.8) is 0 Å². The first-order chi connectivity index (χ1) is 9.97. The second-order valence-electron chi connectivity index (χ2n) is 4.40. The van der Waals surface area contributed by atoms with Crippen LogP contribution in [0.1, 0.15) is 16.8 Å². The summed E-state index contributed by atoms with van der Waals surface area (Å²) in [5.41, 5.74) is 0.645. The SMILES string of the molecule is O=C(CCN1CCSC1=O)Nc1ccc(C(=O)O)cc1Br. The van der Waals surface area contributed by atoms with Crippen molar-refractivity contribution in [3.8, 4) is 0 Å². The molecule has 0 spiro atoms. The van der Waals surface area contributed by atoms with Gasteiger partial charge < -0.3 is 15.3 Å². The molecule has 21 heavy (non-hydrogen) atoms. The molecular formula is C13H13BrN2O4S. The molecule has 8 heteroatoms. The first kappa shape index (κ1) is 15.8. The molecule has 1 heterocycles. The standard InChI is InChI=1S/C13H13BrN2O4S/c14-9-7-8(12(18)19)1-2-10(9)15-11(17)3-4-16-5-6-21-13(16)20/h1-2,7H,3-6H2,(H,15,17)(H,18,19). The lowest BCUT2D eigenvalue weighted by Crippen LogP contribution is -2.27. The highest BCUT2D eigenvalue weighted by atomic mass is 79.9. The number of thioether (sulfide) groups is 1. The van der Waals surface area contributed by atoms with Crippen LogP contribution in [-0.4, -0.2) is 46.0 Å². The van der Waals surface area contributed by atoms with Crippen LogP contribution in [0, 0.1) is 0 Å². The number of carbonyl (C=O) groups excluding carboxylic acids is 2. The summed E-state index contributed by atoms with van der Waals surface area (Å²) in [6, 6.07) is 4.38. The number of aromatic carboxylic acids is 1. The number of nitrogens with zero attached hydrogens (tertiary/aromatic N) is 1. The monoisotopic (exact) mass is 372 g/mol. The van der Waals surface area contributed by atoms with Crippen LogP contribution in [0.3, 0.4) is 0 Å². The van der Waals surface area contributed by atoms with Gasteiger partial charge in [0.15, 0.2) is 0 Å². The summed E-state index contributed by atoms with van der Waals surface area (Å²) in [7, 11) is 0. The number of nitrogens with one attached hydrogen (secondary N) is 1. The molecule has 0 unspecified atom stereocenters. The maximum atomic E-state index is 11.9. The van der Waals surface area contributed by atoms with Gasteiger partial charge in [-0.05, 0) is 34.1 Å². The number of rotatable bonds is 5. The number of carboxylic acid groups (broad SMARTS) is 1. The van der Waals surface area contributed by atoms with Gasteiger partial charge in [-0.15, -0.1) is 0 Å². The van der Waals surface area contributed by atoms with Crippen molar-refractivity contribution in [1.82, 2.24) is 4.90 Å². The van der Waals surface area contributed by atoms with Crippen LogP contribution in [0.2, 0.25) is 0 Å². The van der Waals surface area contributed by atoms with Crippen molar-refractivity contribution in [2.75, 3.05) is 24.2 Å². The molecule has 0 aromatic heterocycles. The van der Waals surface area contributed by atoms with Gasteiger partial charge in [0.2, 0.25) is 5.91 Å². The van der Waals surface area contributed by atoms with Gasteiger partial charge in [0.05, 0.1) is 11.3 Å². The highest BCUT2D eigenvalue weighted by Crippen LogP contribution is 2.24. The first-order valence-electron chi connectivity index (χ1n) is 6.22. The maximum Gasteiger partial charge on any atom is 0.335 e. The smallest absolute Gasteiger partial charge is 0.335 e. The van der Waals surface area contributed by atoms with Gasteiger partial charge in [-0.2, -0.15) is 0 Å². The Hall–Kier alpha value is -1.54. The van der Waals surface area contributed by atoms with E-state index in [0.29, 0.717) is 23.2 Å². The lowest BCUT2D eigenvalue weighted by Gasteiger charge is -2.14. The predicted octanol–water partition coefficient (Wildman–Crippen LogP) is 2.64. The first-order valence-corrected chi connectivity index (χ1v) is 7.99. The Morgan fingerprint density at radius 1 is 1.43 bits per heavy atom. The Morgan fingerprint density at radius 2 is 2.19 bits per heavy atom. The van der Waals surface area contributed by atoms with Crippen LogP contribution in [0.5, 0.6) is 0 Å². The molecule has 1 aromatic rings. The Labute approximate surface area is 134 Å². The zero-order valence-electron chi connectivity index (χ0n) is 11.0. The third-order valence-electron chi connectivity index (χ3n) is 2.94. The van der Waals surface area contributed by atoms with Crippen LogP contribution < -0.4 is 5.32 Å². The van der Waals surface area contributed by atoms with Gasteiger partial charge in [-0.25, -0.2) is 4.79 Å². The van der Waals surface area contributed by atoms with Gasteiger partial charge in [0.25, 0.3) is 5.24 Å². The van der Waals surface area contributed by atoms with E-state index in [4.69, 9.17) is 5.11 Å². The normalized spacial score (nSPS) is 14.3. The molecule has 0 aliphatic carbocycles. The van der Waals surface area contributed by atoms with E-state index in [1.807, 2.05) is 0 Å². The largest absolute Gasteiger partial charge is 0.478 e. The van der Waals surface area contributed by atoms with Gasteiger partial charge in [-0.1, -0.05) is 11.8 Å². The quantitative estimate of drug-likeness (QED) is 0.829. The molecule has 1 aliphatic heterocycles. The Balaban J connectivity index is 1.90. The van der Waals surface area contributed by atoms with E-state index < -0.39 is 5.97 Å².